The number of carbonyl (C=O) groups excluding carboxylic acids is 2. The lowest BCUT2D eigenvalue weighted by Gasteiger charge is -2.07. The molecule has 138 valence electrons. The van der Waals surface area contributed by atoms with Crippen LogP contribution in [0, 0.1) is 5.82 Å². The van der Waals surface area contributed by atoms with E-state index in [1.807, 2.05) is 0 Å². The molecule has 0 aliphatic carbocycles. The fourth-order valence-electron chi connectivity index (χ4n) is 2.38. The Morgan fingerprint density at radius 3 is 2.59 bits per heavy atom. The van der Waals surface area contributed by atoms with Crippen LogP contribution >= 0.6 is 11.8 Å². The van der Waals surface area contributed by atoms with Crippen LogP contribution in [0.15, 0.2) is 60.0 Å². The van der Waals surface area contributed by atoms with Crippen LogP contribution in [-0.4, -0.2) is 32.2 Å². The molecule has 0 aliphatic heterocycles. The van der Waals surface area contributed by atoms with Crippen LogP contribution in [0.1, 0.15) is 22.8 Å². The second kappa shape index (κ2) is 8.59. The lowest BCUT2D eigenvalue weighted by Crippen LogP contribution is -2.18. The molecule has 6 nitrogen and oxygen atoms in total. The van der Waals surface area contributed by atoms with Gasteiger partial charge >= 0.3 is 0 Å². The Kier molecular flexibility index (Phi) is 5.97. The quantitative estimate of drug-likeness (QED) is 0.501. The molecule has 0 unspecified atom stereocenters. The molecule has 2 aromatic carbocycles. The van der Waals surface area contributed by atoms with E-state index in [4.69, 9.17) is 0 Å². The van der Waals surface area contributed by atoms with E-state index in [9.17, 15) is 14.0 Å². The highest BCUT2D eigenvalue weighted by molar-refractivity contribution is 7.99. The van der Waals surface area contributed by atoms with E-state index in [0.717, 1.165) is 5.56 Å². The zero-order chi connectivity index (χ0) is 19.2. The Balaban J connectivity index is 1.64. The smallest absolute Gasteiger partial charge is 0.217 e. The van der Waals surface area contributed by atoms with Gasteiger partial charge in [0, 0.05) is 19.0 Å². The first-order valence-electron chi connectivity index (χ1n) is 8.19. The molecule has 0 bridgehead atoms. The molecule has 8 heteroatoms. The van der Waals surface area contributed by atoms with Gasteiger partial charge in [0.15, 0.2) is 10.9 Å². The lowest BCUT2D eigenvalue weighted by atomic mass is 10.1. The summed E-state index contributed by atoms with van der Waals surface area (Å²) in [5, 5.41) is 10.9. The van der Waals surface area contributed by atoms with Crippen molar-refractivity contribution in [1.82, 2.24) is 20.1 Å². The lowest BCUT2D eigenvalue weighted by molar-refractivity contribution is -0.119. The zero-order valence-electron chi connectivity index (χ0n) is 14.6. The van der Waals surface area contributed by atoms with E-state index < -0.39 is 0 Å². The topological polar surface area (TPSA) is 76.9 Å². The van der Waals surface area contributed by atoms with E-state index in [1.54, 1.807) is 42.5 Å². The third-order valence-electron chi connectivity index (χ3n) is 3.78. The Labute approximate surface area is 159 Å². The van der Waals surface area contributed by atoms with Gasteiger partial charge in [-0.3, -0.25) is 14.2 Å². The second-order valence-electron chi connectivity index (χ2n) is 5.75. The number of Topliss-reactive ketones (excluding diaryl/α,β-unsaturated/α-hetero) is 1. The summed E-state index contributed by atoms with van der Waals surface area (Å²) in [5.41, 5.74) is 1.81. The number of ketones is 1. The average molecular weight is 384 g/mol. The zero-order valence-corrected chi connectivity index (χ0v) is 15.4. The van der Waals surface area contributed by atoms with Crippen molar-refractivity contribution in [1.29, 1.82) is 0 Å². The van der Waals surface area contributed by atoms with Gasteiger partial charge in [-0.15, -0.1) is 10.2 Å². The van der Waals surface area contributed by atoms with E-state index in [2.05, 4.69) is 15.5 Å². The predicted molar refractivity (Wildman–Crippen MR) is 100 cm³/mol. The predicted octanol–water partition coefficient (Wildman–Crippen LogP) is 3.02. The Bertz CT molecular complexity index is 956. The van der Waals surface area contributed by atoms with Crippen LogP contribution in [0.25, 0.3) is 5.69 Å². The number of hydrogen-bond acceptors (Lipinski definition) is 5. The minimum Gasteiger partial charge on any atom is -0.352 e. The normalized spacial score (nSPS) is 10.6. The number of thioether (sulfide) groups is 1. The maximum absolute atomic E-state index is 14.0. The monoisotopic (exact) mass is 384 g/mol. The van der Waals surface area contributed by atoms with Gasteiger partial charge in [0.2, 0.25) is 5.91 Å². The van der Waals surface area contributed by atoms with Crippen molar-refractivity contribution in [3.63, 3.8) is 0 Å². The molecule has 3 aromatic rings. The van der Waals surface area contributed by atoms with Crippen LogP contribution in [0.4, 0.5) is 4.39 Å². The molecule has 3 rings (SSSR count). The first-order chi connectivity index (χ1) is 13.0. The molecule has 0 saturated heterocycles. The fourth-order valence-corrected chi connectivity index (χ4v) is 3.20. The molecule has 0 radical (unpaired) electrons. The van der Waals surface area contributed by atoms with E-state index in [0.29, 0.717) is 23.0 Å². The highest BCUT2D eigenvalue weighted by Gasteiger charge is 2.13. The number of para-hydroxylation sites is 1. The molecule has 1 amide bonds. The summed E-state index contributed by atoms with van der Waals surface area (Å²) in [6.45, 7) is 1.87. The van der Waals surface area contributed by atoms with Crippen LogP contribution in [0.2, 0.25) is 0 Å². The van der Waals surface area contributed by atoms with Gasteiger partial charge < -0.3 is 5.32 Å². The number of nitrogens with one attached hydrogen (secondary N) is 1. The van der Waals surface area contributed by atoms with Crippen molar-refractivity contribution in [2.45, 2.75) is 18.6 Å². The number of carbonyl (C=O) groups is 2. The molecule has 0 atom stereocenters. The first kappa shape index (κ1) is 18.8. The van der Waals surface area contributed by atoms with Crippen LogP contribution < -0.4 is 5.32 Å². The summed E-state index contributed by atoms with van der Waals surface area (Å²) in [7, 11) is 0. The van der Waals surface area contributed by atoms with E-state index in [-0.39, 0.29) is 23.3 Å². The molecule has 1 heterocycles. The highest BCUT2D eigenvalue weighted by Crippen LogP contribution is 2.22. The number of hydrogen-bond donors (Lipinski definition) is 1. The van der Waals surface area contributed by atoms with Gasteiger partial charge in [-0.05, 0) is 17.7 Å². The third-order valence-corrected chi connectivity index (χ3v) is 4.72. The number of aromatic nitrogens is 3. The molecular formula is C19H17FN4O2S. The van der Waals surface area contributed by atoms with Crippen molar-refractivity contribution in [3.8, 4) is 5.69 Å². The van der Waals surface area contributed by atoms with Crippen molar-refractivity contribution in [3.05, 3.63) is 71.8 Å². The fraction of sp³-hybridized carbons (Fsp3) is 0.158. The van der Waals surface area contributed by atoms with Gasteiger partial charge in [0.1, 0.15) is 12.1 Å². The standard InChI is InChI=1S/C19H17FN4O2S/c1-13(25)21-10-14-6-8-15(9-7-14)18(26)11-27-19-23-22-12-24(19)17-5-3-2-4-16(17)20/h2-9,12H,10-11H2,1H3,(H,21,25). The van der Waals surface area contributed by atoms with Crippen LogP contribution in [0.5, 0.6) is 0 Å². The van der Waals surface area contributed by atoms with Crippen LogP contribution in [0.3, 0.4) is 0 Å². The Morgan fingerprint density at radius 1 is 1.15 bits per heavy atom. The summed E-state index contributed by atoms with van der Waals surface area (Å²) < 4.78 is 15.5. The summed E-state index contributed by atoms with van der Waals surface area (Å²) in [6, 6.07) is 13.4. The minimum atomic E-state index is -0.389. The number of benzene rings is 2. The molecule has 1 N–H and O–H groups in total. The summed E-state index contributed by atoms with van der Waals surface area (Å²) in [5.74, 6) is -0.419. The largest absolute Gasteiger partial charge is 0.352 e. The van der Waals surface area contributed by atoms with Crippen LogP contribution in [-0.2, 0) is 11.3 Å². The summed E-state index contributed by atoms with van der Waals surface area (Å²) >= 11 is 1.19. The SMILES string of the molecule is CC(=O)NCc1ccc(C(=O)CSc2nncn2-c2ccccc2F)cc1. The molecule has 1 aromatic heterocycles. The number of halogens is 1. The second-order valence-corrected chi connectivity index (χ2v) is 6.70. The van der Waals surface area contributed by atoms with Gasteiger partial charge in [-0.25, -0.2) is 4.39 Å². The molecule has 0 fully saturated rings. The average Bonchev–Trinajstić information content (AvgIpc) is 3.13. The minimum absolute atomic E-state index is 0.0749. The summed E-state index contributed by atoms with van der Waals surface area (Å²) in [6.07, 6.45) is 1.42. The van der Waals surface area contributed by atoms with Crippen molar-refractivity contribution >= 4 is 23.5 Å². The Hall–Kier alpha value is -3.00. The molecule has 27 heavy (non-hydrogen) atoms. The number of amides is 1. The van der Waals surface area contributed by atoms with Gasteiger partial charge in [-0.1, -0.05) is 48.2 Å². The highest BCUT2D eigenvalue weighted by atomic mass is 32.2. The molecular weight excluding hydrogens is 367 g/mol. The van der Waals surface area contributed by atoms with Gasteiger partial charge in [0.25, 0.3) is 0 Å². The van der Waals surface area contributed by atoms with Crippen molar-refractivity contribution in [2.24, 2.45) is 0 Å². The number of rotatable bonds is 7. The first-order valence-corrected chi connectivity index (χ1v) is 9.17. The van der Waals surface area contributed by atoms with Gasteiger partial charge in [-0.2, -0.15) is 0 Å². The Morgan fingerprint density at radius 2 is 1.89 bits per heavy atom. The van der Waals surface area contributed by atoms with Gasteiger partial charge in [0.05, 0.1) is 11.4 Å². The van der Waals surface area contributed by atoms with E-state index >= 15 is 0 Å². The number of nitrogens with zero attached hydrogens (tertiary/aromatic N) is 3. The third kappa shape index (κ3) is 4.79. The van der Waals surface area contributed by atoms with Crippen molar-refractivity contribution in [2.75, 3.05) is 5.75 Å². The molecule has 0 spiro atoms. The maximum Gasteiger partial charge on any atom is 0.217 e. The summed E-state index contributed by atoms with van der Waals surface area (Å²) in [4.78, 5) is 23.3. The van der Waals surface area contributed by atoms with Crippen molar-refractivity contribution < 1.29 is 14.0 Å². The van der Waals surface area contributed by atoms with E-state index in [1.165, 1.54) is 35.6 Å². The molecule has 0 aliphatic rings. The maximum atomic E-state index is 14.0. The molecule has 0 saturated carbocycles.